The topological polar surface area (TPSA) is 57.6 Å². The van der Waals surface area contributed by atoms with Crippen LogP contribution in [-0.4, -0.2) is 34.8 Å². The minimum Gasteiger partial charge on any atom is -0.396 e. The molecule has 1 aromatic rings. The van der Waals surface area contributed by atoms with Crippen LogP contribution in [0.4, 0.5) is 0 Å². The molecule has 1 aliphatic heterocycles. The molecule has 0 saturated carbocycles. The third-order valence-electron chi connectivity index (χ3n) is 3.05. The number of halogens is 1. The first-order valence-electron chi connectivity index (χ1n) is 5.79. The monoisotopic (exact) mass is 267 g/mol. The lowest BCUT2D eigenvalue weighted by Crippen LogP contribution is -2.31. The van der Waals surface area contributed by atoms with E-state index in [0.717, 1.165) is 5.56 Å². The molecule has 1 saturated heterocycles. The van der Waals surface area contributed by atoms with E-state index in [4.69, 9.17) is 16.7 Å². The average Bonchev–Trinajstić information content (AvgIpc) is 2.67. The highest BCUT2D eigenvalue weighted by Crippen LogP contribution is 2.28. The second-order valence-electron chi connectivity index (χ2n) is 4.32. The van der Waals surface area contributed by atoms with Crippen LogP contribution in [0.1, 0.15) is 24.4 Å². The lowest BCUT2D eigenvalue weighted by molar-refractivity contribution is -0.130. The minimum absolute atomic E-state index is 0.0322. The van der Waals surface area contributed by atoms with Crippen molar-refractivity contribution < 1.29 is 14.7 Å². The minimum atomic E-state index is -0.258. The molecule has 1 aliphatic rings. The number of aliphatic hydroxyl groups excluding tert-OH is 1. The SMILES string of the molecule is O=C1CC(=O)N(C(CCO)c2ccc(Cl)cc2)C1. The summed E-state index contributed by atoms with van der Waals surface area (Å²) in [4.78, 5) is 24.6. The van der Waals surface area contributed by atoms with E-state index in [1.54, 1.807) is 12.1 Å². The van der Waals surface area contributed by atoms with Crippen molar-refractivity contribution in [2.24, 2.45) is 0 Å². The van der Waals surface area contributed by atoms with Gasteiger partial charge >= 0.3 is 0 Å². The van der Waals surface area contributed by atoms with Gasteiger partial charge < -0.3 is 10.0 Å². The Morgan fingerprint density at radius 3 is 2.44 bits per heavy atom. The third-order valence-corrected chi connectivity index (χ3v) is 3.30. The van der Waals surface area contributed by atoms with Crippen molar-refractivity contribution in [1.82, 2.24) is 4.90 Å². The molecule has 0 spiro atoms. The summed E-state index contributed by atoms with van der Waals surface area (Å²) in [6.07, 6.45) is 0.385. The maximum absolute atomic E-state index is 11.7. The van der Waals surface area contributed by atoms with Gasteiger partial charge in [-0.3, -0.25) is 9.59 Å². The number of nitrogens with zero attached hydrogens (tertiary/aromatic N) is 1. The Bertz CT molecular complexity index is 458. The number of carbonyl (C=O) groups is 2. The van der Waals surface area contributed by atoms with Crippen LogP contribution in [0.5, 0.6) is 0 Å². The van der Waals surface area contributed by atoms with Crippen molar-refractivity contribution in [3.05, 3.63) is 34.9 Å². The number of likely N-dealkylation sites (tertiary alicyclic amines) is 1. The van der Waals surface area contributed by atoms with Gasteiger partial charge in [0.1, 0.15) is 0 Å². The summed E-state index contributed by atoms with van der Waals surface area (Å²) < 4.78 is 0. The Hall–Kier alpha value is -1.39. The maximum atomic E-state index is 11.7. The van der Waals surface area contributed by atoms with Crippen molar-refractivity contribution in [3.63, 3.8) is 0 Å². The van der Waals surface area contributed by atoms with Crippen LogP contribution in [0.2, 0.25) is 5.02 Å². The molecule has 5 heteroatoms. The van der Waals surface area contributed by atoms with E-state index >= 15 is 0 Å². The molecule has 1 unspecified atom stereocenters. The summed E-state index contributed by atoms with van der Waals surface area (Å²) >= 11 is 5.82. The first kappa shape index (κ1) is 13.1. The van der Waals surface area contributed by atoms with E-state index < -0.39 is 0 Å². The van der Waals surface area contributed by atoms with E-state index in [2.05, 4.69) is 0 Å². The zero-order valence-corrected chi connectivity index (χ0v) is 10.6. The molecule has 1 amide bonds. The highest BCUT2D eigenvalue weighted by Gasteiger charge is 2.33. The summed E-state index contributed by atoms with van der Waals surface area (Å²) in [6, 6.07) is 6.86. The van der Waals surface area contributed by atoms with Crippen LogP contribution in [0.25, 0.3) is 0 Å². The molecule has 0 aliphatic carbocycles. The molecule has 1 atom stereocenters. The fraction of sp³-hybridized carbons (Fsp3) is 0.385. The summed E-state index contributed by atoms with van der Waals surface area (Å²) in [5.41, 5.74) is 0.886. The van der Waals surface area contributed by atoms with E-state index in [1.807, 2.05) is 12.1 Å². The molecule has 1 fully saturated rings. The van der Waals surface area contributed by atoms with Gasteiger partial charge in [0.15, 0.2) is 5.78 Å². The number of hydrogen-bond donors (Lipinski definition) is 1. The predicted molar refractivity (Wildman–Crippen MR) is 67.2 cm³/mol. The van der Waals surface area contributed by atoms with Crippen molar-refractivity contribution in [2.75, 3.05) is 13.2 Å². The summed E-state index contributed by atoms with van der Waals surface area (Å²) in [7, 11) is 0. The van der Waals surface area contributed by atoms with Crippen molar-refractivity contribution in [1.29, 1.82) is 0 Å². The maximum Gasteiger partial charge on any atom is 0.231 e. The average molecular weight is 268 g/mol. The number of rotatable bonds is 4. The molecule has 1 heterocycles. The molecule has 18 heavy (non-hydrogen) atoms. The first-order chi connectivity index (χ1) is 8.61. The lowest BCUT2D eigenvalue weighted by Gasteiger charge is -2.27. The Morgan fingerprint density at radius 2 is 1.94 bits per heavy atom. The molecule has 1 aromatic carbocycles. The summed E-state index contributed by atoms with van der Waals surface area (Å²) in [5, 5.41) is 9.73. The van der Waals surface area contributed by atoms with Gasteiger partial charge in [0.25, 0.3) is 0 Å². The first-order valence-corrected chi connectivity index (χ1v) is 6.17. The Balaban J connectivity index is 2.25. The molecule has 2 rings (SSSR count). The van der Waals surface area contributed by atoms with Crippen LogP contribution in [0.3, 0.4) is 0 Å². The molecule has 0 aromatic heterocycles. The van der Waals surface area contributed by atoms with Crippen LogP contribution in [0.15, 0.2) is 24.3 Å². The fourth-order valence-corrected chi connectivity index (χ4v) is 2.32. The predicted octanol–water partition coefficient (Wildman–Crippen LogP) is 1.56. The highest BCUT2D eigenvalue weighted by molar-refractivity contribution is 6.30. The zero-order chi connectivity index (χ0) is 13.1. The second kappa shape index (κ2) is 5.50. The molecule has 1 N–H and O–H groups in total. The number of amides is 1. The Morgan fingerprint density at radius 1 is 1.28 bits per heavy atom. The molecule has 4 nitrogen and oxygen atoms in total. The summed E-state index contributed by atoms with van der Waals surface area (Å²) in [6.45, 7) is 0.0946. The fourth-order valence-electron chi connectivity index (χ4n) is 2.20. The quantitative estimate of drug-likeness (QED) is 0.843. The van der Waals surface area contributed by atoms with Crippen LogP contribution >= 0.6 is 11.6 Å². The zero-order valence-electron chi connectivity index (χ0n) is 9.80. The second-order valence-corrected chi connectivity index (χ2v) is 4.75. The molecule has 0 bridgehead atoms. The number of ketones is 1. The van der Waals surface area contributed by atoms with Gasteiger partial charge in [-0.2, -0.15) is 0 Å². The Labute approximate surface area is 110 Å². The van der Waals surface area contributed by atoms with Gasteiger partial charge in [0, 0.05) is 11.6 Å². The number of aliphatic hydroxyl groups is 1. The smallest absolute Gasteiger partial charge is 0.231 e. The largest absolute Gasteiger partial charge is 0.396 e. The van der Waals surface area contributed by atoms with Crippen molar-refractivity contribution >= 4 is 23.3 Å². The van der Waals surface area contributed by atoms with E-state index in [0.29, 0.717) is 11.4 Å². The number of benzene rings is 1. The standard InChI is InChI=1S/C13H14ClNO3/c14-10-3-1-9(2-4-10)12(5-6-16)15-8-11(17)7-13(15)18/h1-4,12,16H,5-8H2. The van der Waals surface area contributed by atoms with Crippen LogP contribution < -0.4 is 0 Å². The highest BCUT2D eigenvalue weighted by atomic mass is 35.5. The third kappa shape index (κ3) is 2.71. The van der Waals surface area contributed by atoms with E-state index in [9.17, 15) is 9.59 Å². The van der Waals surface area contributed by atoms with Gasteiger partial charge in [-0.15, -0.1) is 0 Å². The van der Waals surface area contributed by atoms with Crippen LogP contribution in [-0.2, 0) is 9.59 Å². The lowest BCUT2D eigenvalue weighted by atomic mass is 10.0. The number of hydrogen-bond acceptors (Lipinski definition) is 3. The van der Waals surface area contributed by atoms with Gasteiger partial charge in [-0.25, -0.2) is 0 Å². The van der Waals surface area contributed by atoms with Gasteiger partial charge in [0.2, 0.25) is 5.91 Å². The molecular weight excluding hydrogens is 254 g/mol. The number of carbonyl (C=O) groups excluding carboxylic acids is 2. The van der Waals surface area contributed by atoms with Crippen LogP contribution in [0, 0.1) is 0 Å². The normalized spacial score (nSPS) is 17.3. The van der Waals surface area contributed by atoms with Gasteiger partial charge in [-0.1, -0.05) is 23.7 Å². The molecular formula is C13H14ClNO3. The summed E-state index contributed by atoms with van der Waals surface area (Å²) in [5.74, 6) is -0.245. The van der Waals surface area contributed by atoms with Crippen molar-refractivity contribution in [2.45, 2.75) is 18.9 Å². The van der Waals surface area contributed by atoms with Gasteiger partial charge in [0.05, 0.1) is 19.0 Å². The molecule has 0 radical (unpaired) electrons. The Kier molecular flexibility index (Phi) is 3.99. The van der Waals surface area contributed by atoms with Crippen molar-refractivity contribution in [3.8, 4) is 0 Å². The number of Topliss-reactive ketones (excluding diaryl/α,β-unsaturated/α-hetero) is 1. The van der Waals surface area contributed by atoms with Gasteiger partial charge in [-0.05, 0) is 24.1 Å². The molecule has 96 valence electrons. The van der Waals surface area contributed by atoms with E-state index in [-0.39, 0.29) is 37.3 Å². The van der Waals surface area contributed by atoms with E-state index in [1.165, 1.54) is 4.90 Å².